The van der Waals surface area contributed by atoms with Gasteiger partial charge in [0.2, 0.25) is 0 Å². The topological polar surface area (TPSA) is 82.2 Å². The van der Waals surface area contributed by atoms with Crippen LogP contribution >= 0.6 is 0 Å². The number of hydrogen-bond acceptors (Lipinski definition) is 4. The minimum absolute atomic E-state index is 0.249. The Hall–Kier alpha value is -1.82. The summed E-state index contributed by atoms with van der Waals surface area (Å²) in [5, 5.41) is 6.60. The molecule has 17 heavy (non-hydrogen) atoms. The van der Waals surface area contributed by atoms with E-state index in [1.54, 1.807) is 7.05 Å². The van der Waals surface area contributed by atoms with Crippen molar-refractivity contribution in [3.8, 4) is 0 Å². The van der Waals surface area contributed by atoms with Gasteiger partial charge in [0.05, 0.1) is 25.1 Å². The number of ether oxygens (including phenoxy) is 1. The average molecular weight is 238 g/mol. The van der Waals surface area contributed by atoms with Crippen LogP contribution in [0.4, 0.5) is 5.69 Å². The van der Waals surface area contributed by atoms with Crippen molar-refractivity contribution in [2.24, 2.45) is 7.05 Å². The molecule has 1 aromatic rings. The molecule has 1 aromatic heterocycles. The first-order chi connectivity index (χ1) is 8.02. The van der Waals surface area contributed by atoms with E-state index in [-0.39, 0.29) is 5.91 Å². The first-order valence-corrected chi connectivity index (χ1v) is 5.30. The van der Waals surface area contributed by atoms with Crippen LogP contribution in [0, 0.1) is 0 Å². The molecule has 3 N–H and O–H groups in total. The fourth-order valence-corrected chi connectivity index (χ4v) is 1.30. The highest BCUT2D eigenvalue weighted by Crippen LogP contribution is 2.08. The van der Waals surface area contributed by atoms with E-state index >= 15 is 0 Å². The van der Waals surface area contributed by atoms with Crippen LogP contribution in [-0.2, 0) is 11.8 Å². The summed E-state index contributed by atoms with van der Waals surface area (Å²) in [6, 6.07) is 0. The number of hydrogen-bond donors (Lipinski definition) is 2. The number of rotatable bonds is 6. The molecule has 0 aliphatic heterocycles. The molecule has 0 fully saturated rings. The van der Waals surface area contributed by atoms with Crippen molar-refractivity contribution in [2.45, 2.75) is 6.92 Å². The Kier molecular flexibility index (Phi) is 4.71. The van der Waals surface area contributed by atoms with Crippen molar-refractivity contribution in [1.29, 1.82) is 0 Å². The van der Waals surface area contributed by atoms with Gasteiger partial charge in [-0.1, -0.05) is 12.2 Å². The molecule has 0 radical (unpaired) electrons. The molecule has 0 aromatic carbocycles. The second-order valence-corrected chi connectivity index (χ2v) is 3.84. The zero-order valence-electron chi connectivity index (χ0n) is 10.2. The maximum atomic E-state index is 11.7. The van der Waals surface area contributed by atoms with Gasteiger partial charge in [-0.3, -0.25) is 9.48 Å². The molecule has 1 rings (SSSR count). The largest absolute Gasteiger partial charge is 0.396 e. The van der Waals surface area contributed by atoms with E-state index in [1.807, 2.05) is 6.92 Å². The molecule has 0 spiro atoms. The normalized spacial score (nSPS) is 10.2. The third kappa shape index (κ3) is 3.92. The van der Waals surface area contributed by atoms with E-state index in [2.05, 4.69) is 17.0 Å². The van der Waals surface area contributed by atoms with Gasteiger partial charge in [0.15, 0.2) is 0 Å². The number of carbonyl (C=O) groups excluding carboxylic acids is 1. The lowest BCUT2D eigenvalue weighted by Crippen LogP contribution is -2.29. The first kappa shape index (κ1) is 13.2. The molecule has 0 aliphatic carbocycles. The van der Waals surface area contributed by atoms with E-state index < -0.39 is 0 Å². The van der Waals surface area contributed by atoms with Crippen LogP contribution < -0.4 is 11.1 Å². The number of carbonyl (C=O) groups is 1. The summed E-state index contributed by atoms with van der Waals surface area (Å²) in [7, 11) is 1.67. The summed E-state index contributed by atoms with van der Waals surface area (Å²) in [6.45, 7) is 6.97. The minimum atomic E-state index is -0.249. The monoisotopic (exact) mass is 238 g/mol. The van der Waals surface area contributed by atoms with E-state index in [4.69, 9.17) is 10.5 Å². The summed E-state index contributed by atoms with van der Waals surface area (Å²) >= 11 is 0. The predicted octanol–water partition coefficient (Wildman–Crippen LogP) is 0.325. The highest BCUT2D eigenvalue weighted by atomic mass is 16.5. The lowest BCUT2D eigenvalue weighted by Gasteiger charge is -2.07. The van der Waals surface area contributed by atoms with Gasteiger partial charge in [0.25, 0.3) is 5.91 Å². The molecule has 0 aliphatic rings. The van der Waals surface area contributed by atoms with Crippen molar-refractivity contribution in [2.75, 3.05) is 25.5 Å². The van der Waals surface area contributed by atoms with Gasteiger partial charge in [0.1, 0.15) is 5.69 Å². The number of anilines is 1. The molecule has 6 nitrogen and oxygen atoms in total. The number of aryl methyl sites for hydroxylation is 1. The molecule has 0 atom stereocenters. The predicted molar refractivity (Wildman–Crippen MR) is 65.6 cm³/mol. The van der Waals surface area contributed by atoms with Crippen molar-refractivity contribution >= 4 is 11.6 Å². The fourth-order valence-electron chi connectivity index (χ4n) is 1.30. The molecule has 6 heteroatoms. The van der Waals surface area contributed by atoms with Gasteiger partial charge in [-0.15, -0.1) is 0 Å². The third-order valence-electron chi connectivity index (χ3n) is 2.06. The van der Waals surface area contributed by atoms with Crippen LogP contribution in [0.2, 0.25) is 0 Å². The lowest BCUT2D eigenvalue weighted by molar-refractivity contribution is 0.0918. The quantitative estimate of drug-likeness (QED) is 0.552. The van der Waals surface area contributed by atoms with Crippen molar-refractivity contribution in [3.05, 3.63) is 24.0 Å². The van der Waals surface area contributed by atoms with Gasteiger partial charge in [-0.2, -0.15) is 5.10 Å². The van der Waals surface area contributed by atoms with Crippen molar-refractivity contribution in [3.63, 3.8) is 0 Å². The Morgan fingerprint density at radius 3 is 2.94 bits per heavy atom. The summed E-state index contributed by atoms with van der Waals surface area (Å²) < 4.78 is 6.70. The van der Waals surface area contributed by atoms with Crippen LogP contribution in [0.15, 0.2) is 18.3 Å². The van der Waals surface area contributed by atoms with Gasteiger partial charge in [-0.25, -0.2) is 0 Å². The Bertz CT molecular complexity index is 392. The fraction of sp³-hybridized carbons (Fsp3) is 0.455. The van der Waals surface area contributed by atoms with E-state index in [0.29, 0.717) is 31.1 Å². The van der Waals surface area contributed by atoms with Gasteiger partial charge in [0, 0.05) is 13.6 Å². The maximum Gasteiger partial charge on any atom is 0.271 e. The zero-order valence-corrected chi connectivity index (χ0v) is 10.2. The Morgan fingerprint density at radius 1 is 1.71 bits per heavy atom. The number of aromatic nitrogens is 2. The van der Waals surface area contributed by atoms with Gasteiger partial charge >= 0.3 is 0 Å². The third-order valence-corrected chi connectivity index (χ3v) is 2.06. The lowest BCUT2D eigenvalue weighted by atomic mass is 10.3. The second kappa shape index (κ2) is 6.05. The van der Waals surface area contributed by atoms with Crippen LogP contribution in [-0.4, -0.2) is 35.4 Å². The standard InChI is InChI=1S/C11H18N4O2/c1-8(2)7-17-5-4-13-11(16)10-9(12)6-14-15(10)3/h6H,1,4-5,7,12H2,2-3H3,(H,13,16). The highest BCUT2D eigenvalue weighted by Gasteiger charge is 2.13. The SMILES string of the molecule is C=C(C)COCCNC(=O)c1c(N)cnn1C. The van der Waals surface area contributed by atoms with Crippen LogP contribution in [0.1, 0.15) is 17.4 Å². The van der Waals surface area contributed by atoms with E-state index in [0.717, 1.165) is 5.57 Å². The number of nitrogen functional groups attached to an aromatic ring is 1. The highest BCUT2D eigenvalue weighted by molar-refractivity contribution is 5.97. The summed E-state index contributed by atoms with van der Waals surface area (Å²) in [4.78, 5) is 11.7. The Balaban J connectivity index is 2.33. The molecule has 94 valence electrons. The second-order valence-electron chi connectivity index (χ2n) is 3.84. The molecule has 0 unspecified atom stereocenters. The molecule has 0 saturated heterocycles. The Labute approximate surface area is 100 Å². The summed E-state index contributed by atoms with van der Waals surface area (Å²) in [5.74, 6) is -0.249. The zero-order chi connectivity index (χ0) is 12.8. The number of nitrogens with one attached hydrogen (secondary N) is 1. The van der Waals surface area contributed by atoms with E-state index in [1.165, 1.54) is 10.9 Å². The molecule has 1 heterocycles. The van der Waals surface area contributed by atoms with Crippen molar-refractivity contribution in [1.82, 2.24) is 15.1 Å². The van der Waals surface area contributed by atoms with E-state index in [9.17, 15) is 4.79 Å². The number of nitrogens with two attached hydrogens (primary N) is 1. The first-order valence-electron chi connectivity index (χ1n) is 5.30. The van der Waals surface area contributed by atoms with Crippen LogP contribution in [0.25, 0.3) is 0 Å². The van der Waals surface area contributed by atoms with Crippen LogP contribution in [0.3, 0.4) is 0 Å². The molecular formula is C11H18N4O2. The maximum absolute atomic E-state index is 11.7. The number of amides is 1. The molecule has 0 saturated carbocycles. The Morgan fingerprint density at radius 2 is 2.41 bits per heavy atom. The van der Waals surface area contributed by atoms with Crippen molar-refractivity contribution < 1.29 is 9.53 Å². The smallest absolute Gasteiger partial charge is 0.271 e. The average Bonchev–Trinajstić information content (AvgIpc) is 2.57. The summed E-state index contributed by atoms with van der Waals surface area (Å²) in [5.41, 5.74) is 7.31. The van der Waals surface area contributed by atoms with Gasteiger partial charge < -0.3 is 15.8 Å². The minimum Gasteiger partial charge on any atom is -0.396 e. The molecule has 0 bridgehead atoms. The number of nitrogens with zero attached hydrogens (tertiary/aromatic N) is 2. The van der Waals surface area contributed by atoms with Crippen LogP contribution in [0.5, 0.6) is 0 Å². The van der Waals surface area contributed by atoms with Gasteiger partial charge in [-0.05, 0) is 6.92 Å². The molecule has 1 amide bonds. The summed E-state index contributed by atoms with van der Waals surface area (Å²) in [6.07, 6.45) is 1.45. The molecular weight excluding hydrogens is 220 g/mol.